The zero-order valence-electron chi connectivity index (χ0n) is 17.9. The van der Waals surface area contributed by atoms with Crippen molar-refractivity contribution in [3.05, 3.63) is 64.5 Å². The molecular formula is C22H23F3N2O5. The maximum Gasteiger partial charge on any atom is 0.416 e. The second kappa shape index (κ2) is 10.7. The standard InChI is InChI=1S/C22H23F3N2O5/c1-4-31-19(28)13-27(12-15-6-8-16(9-7-15)22(23,24)25)20(29)18-11-10-17(14(3)26-18)21(30)32-5-2/h6-11H,4-5,12-13H2,1-3H3. The number of rotatable bonds is 8. The second-order valence-electron chi connectivity index (χ2n) is 6.71. The lowest BCUT2D eigenvalue weighted by Crippen LogP contribution is -2.36. The molecule has 0 N–H and O–H groups in total. The van der Waals surface area contributed by atoms with Crippen LogP contribution in [0, 0.1) is 6.92 Å². The molecule has 0 saturated carbocycles. The molecule has 1 amide bonds. The molecule has 7 nitrogen and oxygen atoms in total. The van der Waals surface area contributed by atoms with Crippen molar-refractivity contribution < 1.29 is 37.0 Å². The third-order valence-corrected chi connectivity index (χ3v) is 4.37. The number of carbonyl (C=O) groups is 3. The van der Waals surface area contributed by atoms with Gasteiger partial charge in [-0.3, -0.25) is 9.59 Å². The molecule has 10 heteroatoms. The first-order chi connectivity index (χ1) is 15.1. The number of ether oxygens (including phenoxy) is 2. The third kappa shape index (κ3) is 6.53. The van der Waals surface area contributed by atoms with Crippen molar-refractivity contribution in [3.63, 3.8) is 0 Å². The fraction of sp³-hybridized carbons (Fsp3) is 0.364. The highest BCUT2D eigenvalue weighted by Gasteiger charge is 2.30. The summed E-state index contributed by atoms with van der Waals surface area (Å²) in [5.74, 6) is -1.89. The van der Waals surface area contributed by atoms with Gasteiger partial charge in [-0.25, -0.2) is 9.78 Å². The van der Waals surface area contributed by atoms with Crippen LogP contribution in [0.15, 0.2) is 36.4 Å². The number of carbonyl (C=O) groups excluding carboxylic acids is 3. The molecule has 0 radical (unpaired) electrons. The van der Waals surface area contributed by atoms with Gasteiger partial charge in [0.25, 0.3) is 5.91 Å². The molecule has 0 unspecified atom stereocenters. The van der Waals surface area contributed by atoms with E-state index in [2.05, 4.69) is 4.98 Å². The monoisotopic (exact) mass is 452 g/mol. The summed E-state index contributed by atoms with van der Waals surface area (Å²) in [5.41, 5.74) is -0.0124. The summed E-state index contributed by atoms with van der Waals surface area (Å²) in [6.07, 6.45) is -4.49. The average Bonchev–Trinajstić information content (AvgIpc) is 2.72. The molecule has 0 spiro atoms. The van der Waals surface area contributed by atoms with E-state index in [0.717, 1.165) is 17.0 Å². The predicted molar refractivity (Wildman–Crippen MR) is 108 cm³/mol. The smallest absolute Gasteiger partial charge is 0.416 e. The lowest BCUT2D eigenvalue weighted by atomic mass is 10.1. The van der Waals surface area contributed by atoms with Crippen molar-refractivity contribution in [2.45, 2.75) is 33.5 Å². The normalized spacial score (nSPS) is 11.1. The number of halogens is 3. The first-order valence-electron chi connectivity index (χ1n) is 9.82. The number of amides is 1. The van der Waals surface area contributed by atoms with E-state index in [1.165, 1.54) is 31.2 Å². The quantitative estimate of drug-likeness (QED) is 0.567. The number of nitrogens with zero attached hydrogens (tertiary/aromatic N) is 2. The number of benzene rings is 1. The molecule has 0 aliphatic carbocycles. The highest BCUT2D eigenvalue weighted by molar-refractivity contribution is 5.96. The molecule has 0 bridgehead atoms. The first kappa shape index (κ1) is 24.8. The molecule has 1 aromatic carbocycles. The molecule has 0 atom stereocenters. The number of aromatic nitrogens is 1. The summed E-state index contributed by atoms with van der Waals surface area (Å²) in [4.78, 5) is 42.2. The van der Waals surface area contributed by atoms with Crippen LogP contribution in [0.3, 0.4) is 0 Å². The molecule has 172 valence electrons. The van der Waals surface area contributed by atoms with Crippen molar-refractivity contribution in [3.8, 4) is 0 Å². The Labute approximate surface area is 183 Å². The van der Waals surface area contributed by atoms with Crippen LogP contribution in [0.4, 0.5) is 13.2 Å². The molecule has 0 aliphatic rings. The molecule has 0 aliphatic heterocycles. The van der Waals surface area contributed by atoms with Crippen molar-refractivity contribution in [1.29, 1.82) is 0 Å². The minimum Gasteiger partial charge on any atom is -0.465 e. The molecule has 0 saturated heterocycles. The fourth-order valence-electron chi connectivity index (χ4n) is 2.85. The topological polar surface area (TPSA) is 85.8 Å². The van der Waals surface area contributed by atoms with E-state index in [0.29, 0.717) is 5.56 Å². The summed E-state index contributed by atoms with van der Waals surface area (Å²) >= 11 is 0. The number of pyridine rings is 1. The largest absolute Gasteiger partial charge is 0.465 e. The lowest BCUT2D eigenvalue weighted by Gasteiger charge is -2.22. The summed E-state index contributed by atoms with van der Waals surface area (Å²) in [6, 6.07) is 6.99. The second-order valence-corrected chi connectivity index (χ2v) is 6.71. The predicted octanol–water partition coefficient (Wildman–Crippen LogP) is 3.79. The van der Waals surface area contributed by atoms with Crippen LogP contribution in [0.25, 0.3) is 0 Å². The van der Waals surface area contributed by atoms with Crippen LogP contribution in [0.5, 0.6) is 0 Å². The van der Waals surface area contributed by atoms with Crippen molar-refractivity contribution in [2.24, 2.45) is 0 Å². The SMILES string of the molecule is CCOC(=O)CN(Cc1ccc(C(F)(F)F)cc1)C(=O)c1ccc(C(=O)OCC)c(C)n1. The summed E-state index contributed by atoms with van der Waals surface area (Å²) in [7, 11) is 0. The van der Waals surface area contributed by atoms with E-state index in [1.807, 2.05) is 0 Å². The van der Waals surface area contributed by atoms with Gasteiger partial charge in [-0.2, -0.15) is 13.2 Å². The maximum atomic E-state index is 13.0. The van der Waals surface area contributed by atoms with E-state index in [4.69, 9.17) is 9.47 Å². The van der Waals surface area contributed by atoms with E-state index < -0.39 is 36.1 Å². The number of alkyl halides is 3. The van der Waals surface area contributed by atoms with E-state index in [-0.39, 0.29) is 36.7 Å². The molecule has 1 aromatic heterocycles. The highest BCUT2D eigenvalue weighted by Crippen LogP contribution is 2.29. The van der Waals surface area contributed by atoms with Gasteiger partial charge in [0.2, 0.25) is 0 Å². The van der Waals surface area contributed by atoms with Gasteiger partial charge in [-0.1, -0.05) is 12.1 Å². The Hall–Kier alpha value is -3.43. The number of aryl methyl sites for hydroxylation is 1. The molecule has 32 heavy (non-hydrogen) atoms. The molecule has 2 aromatic rings. The minimum atomic E-state index is -4.49. The first-order valence-corrected chi connectivity index (χ1v) is 9.82. The van der Waals surface area contributed by atoms with Gasteiger partial charge in [0.1, 0.15) is 12.2 Å². The minimum absolute atomic E-state index is 0.0354. The van der Waals surface area contributed by atoms with Gasteiger partial charge in [0, 0.05) is 6.54 Å². The highest BCUT2D eigenvalue weighted by atomic mass is 19.4. The van der Waals surface area contributed by atoms with Gasteiger partial charge in [-0.15, -0.1) is 0 Å². The van der Waals surface area contributed by atoms with Crippen LogP contribution in [0.1, 0.15) is 51.5 Å². The van der Waals surface area contributed by atoms with Gasteiger partial charge < -0.3 is 14.4 Å². The van der Waals surface area contributed by atoms with Crippen LogP contribution in [-0.2, 0) is 27.0 Å². The Bertz CT molecular complexity index is 975. The van der Waals surface area contributed by atoms with Crippen LogP contribution >= 0.6 is 0 Å². The maximum absolute atomic E-state index is 13.0. The fourth-order valence-corrected chi connectivity index (χ4v) is 2.85. The Balaban J connectivity index is 2.29. The van der Waals surface area contributed by atoms with Crippen LogP contribution < -0.4 is 0 Å². The molecule has 1 heterocycles. The van der Waals surface area contributed by atoms with Gasteiger partial charge in [0.05, 0.1) is 30.0 Å². The average molecular weight is 452 g/mol. The van der Waals surface area contributed by atoms with Crippen molar-refractivity contribution in [2.75, 3.05) is 19.8 Å². The zero-order valence-corrected chi connectivity index (χ0v) is 17.9. The Morgan fingerprint density at radius 2 is 1.59 bits per heavy atom. The molecule has 2 rings (SSSR count). The van der Waals surface area contributed by atoms with Gasteiger partial charge in [0.15, 0.2) is 0 Å². The van der Waals surface area contributed by atoms with Gasteiger partial charge in [-0.05, 0) is 50.6 Å². The van der Waals surface area contributed by atoms with E-state index in [9.17, 15) is 27.6 Å². The van der Waals surface area contributed by atoms with Crippen molar-refractivity contribution >= 4 is 17.8 Å². The Morgan fingerprint density at radius 3 is 2.12 bits per heavy atom. The zero-order chi connectivity index (χ0) is 23.9. The van der Waals surface area contributed by atoms with Crippen LogP contribution in [-0.4, -0.2) is 47.5 Å². The molecular weight excluding hydrogens is 429 g/mol. The number of hydrogen-bond donors (Lipinski definition) is 0. The van der Waals surface area contributed by atoms with E-state index >= 15 is 0 Å². The summed E-state index contributed by atoms with van der Waals surface area (Å²) in [6.45, 7) is 4.52. The van der Waals surface area contributed by atoms with E-state index in [1.54, 1.807) is 13.8 Å². The third-order valence-electron chi connectivity index (χ3n) is 4.37. The number of esters is 2. The van der Waals surface area contributed by atoms with Gasteiger partial charge >= 0.3 is 18.1 Å². The lowest BCUT2D eigenvalue weighted by molar-refractivity contribution is -0.144. The van der Waals surface area contributed by atoms with Crippen molar-refractivity contribution in [1.82, 2.24) is 9.88 Å². The van der Waals surface area contributed by atoms with Crippen LogP contribution in [0.2, 0.25) is 0 Å². The summed E-state index contributed by atoms with van der Waals surface area (Å²) in [5, 5.41) is 0. The summed E-state index contributed by atoms with van der Waals surface area (Å²) < 4.78 is 48.2. The Kier molecular flexibility index (Phi) is 8.34. The molecule has 0 fully saturated rings. The number of hydrogen-bond acceptors (Lipinski definition) is 6. The Morgan fingerprint density at radius 1 is 0.969 bits per heavy atom.